The van der Waals surface area contributed by atoms with Crippen molar-refractivity contribution in [2.24, 2.45) is 0 Å². The summed E-state index contributed by atoms with van der Waals surface area (Å²) < 4.78 is 5.58. The molecule has 0 saturated carbocycles. The van der Waals surface area contributed by atoms with Gasteiger partial charge in [-0.2, -0.15) is 4.98 Å². The molecule has 1 aromatic heterocycles. The van der Waals surface area contributed by atoms with Crippen LogP contribution in [0.1, 0.15) is 6.92 Å². The van der Waals surface area contributed by atoms with E-state index < -0.39 is 0 Å². The maximum absolute atomic E-state index is 5.58. The van der Waals surface area contributed by atoms with Crippen molar-refractivity contribution in [2.45, 2.75) is 13.0 Å². The molecule has 0 spiro atoms. The topological polar surface area (TPSA) is 71.1 Å². The van der Waals surface area contributed by atoms with E-state index in [0.29, 0.717) is 5.95 Å². The number of ether oxygens (including phenoxy) is 1. The minimum atomic E-state index is 0. The number of anilines is 2. The molecule has 1 saturated heterocycles. The Hall–Kier alpha value is -0.820. The molecule has 0 radical (unpaired) electrons. The Bertz CT molecular complexity index is 350. The molecule has 6 nitrogen and oxygen atoms in total. The van der Waals surface area contributed by atoms with Gasteiger partial charge in [-0.15, -0.1) is 24.8 Å². The lowest BCUT2D eigenvalue weighted by Gasteiger charge is -2.23. The van der Waals surface area contributed by atoms with Crippen molar-refractivity contribution in [3.05, 3.63) is 12.3 Å². The second-order valence-electron chi connectivity index (χ2n) is 3.87. The van der Waals surface area contributed by atoms with E-state index >= 15 is 0 Å². The van der Waals surface area contributed by atoms with E-state index in [1.165, 1.54) is 0 Å². The van der Waals surface area contributed by atoms with Crippen LogP contribution in [0.25, 0.3) is 0 Å². The van der Waals surface area contributed by atoms with Crippen LogP contribution in [0.3, 0.4) is 0 Å². The highest BCUT2D eigenvalue weighted by molar-refractivity contribution is 5.85. The second kappa shape index (κ2) is 10.0. The summed E-state index contributed by atoms with van der Waals surface area (Å²) in [5.41, 5.74) is 0. The lowest BCUT2D eigenvalue weighted by atomic mass is 10.3. The first-order valence-corrected chi connectivity index (χ1v) is 6.01. The van der Waals surface area contributed by atoms with E-state index in [4.69, 9.17) is 4.74 Å². The van der Waals surface area contributed by atoms with Crippen LogP contribution in [0.4, 0.5) is 11.8 Å². The van der Waals surface area contributed by atoms with E-state index in [1.807, 2.05) is 13.0 Å². The number of aromatic nitrogens is 2. The predicted octanol–water partition coefficient (Wildman–Crippen LogP) is 1.15. The molecule has 1 fully saturated rings. The van der Waals surface area contributed by atoms with Gasteiger partial charge >= 0.3 is 0 Å². The summed E-state index contributed by atoms with van der Waals surface area (Å²) in [4.78, 5) is 8.51. The molecule has 0 amide bonds. The van der Waals surface area contributed by atoms with Crippen LogP contribution >= 0.6 is 24.8 Å². The third-order valence-electron chi connectivity index (χ3n) is 2.51. The Labute approximate surface area is 125 Å². The van der Waals surface area contributed by atoms with Crippen molar-refractivity contribution in [1.82, 2.24) is 15.3 Å². The number of morpholine rings is 1. The third kappa shape index (κ3) is 6.24. The molecule has 3 N–H and O–H groups in total. The highest BCUT2D eigenvalue weighted by Gasteiger charge is 2.13. The van der Waals surface area contributed by atoms with Crippen LogP contribution in [-0.2, 0) is 4.74 Å². The first kappa shape index (κ1) is 18.2. The van der Waals surface area contributed by atoms with E-state index in [2.05, 4.69) is 25.9 Å². The van der Waals surface area contributed by atoms with Crippen molar-refractivity contribution in [3.63, 3.8) is 0 Å². The van der Waals surface area contributed by atoms with Crippen LogP contribution in [0.2, 0.25) is 0 Å². The molecule has 0 bridgehead atoms. The second-order valence-corrected chi connectivity index (χ2v) is 3.87. The summed E-state index contributed by atoms with van der Waals surface area (Å²) in [6.45, 7) is 6.19. The van der Waals surface area contributed by atoms with Gasteiger partial charge in [-0.3, -0.25) is 0 Å². The SMILES string of the molecule is CCNc1ccnc(NCC2CNCCO2)n1.Cl.Cl. The Morgan fingerprint density at radius 1 is 1.42 bits per heavy atom. The zero-order valence-electron chi connectivity index (χ0n) is 10.9. The van der Waals surface area contributed by atoms with Gasteiger partial charge in [-0.25, -0.2) is 4.98 Å². The van der Waals surface area contributed by atoms with Gasteiger partial charge in [0.15, 0.2) is 0 Å². The fourth-order valence-electron chi connectivity index (χ4n) is 1.68. The monoisotopic (exact) mass is 309 g/mol. The highest BCUT2D eigenvalue weighted by atomic mass is 35.5. The molecule has 1 unspecified atom stereocenters. The molecule has 1 atom stereocenters. The van der Waals surface area contributed by atoms with Crippen LogP contribution in [0, 0.1) is 0 Å². The van der Waals surface area contributed by atoms with Crippen LogP contribution in [0.5, 0.6) is 0 Å². The number of rotatable bonds is 5. The first-order chi connectivity index (χ1) is 8.38. The molecule has 1 aliphatic heterocycles. The van der Waals surface area contributed by atoms with Crippen LogP contribution < -0.4 is 16.0 Å². The average molecular weight is 310 g/mol. The van der Waals surface area contributed by atoms with Gasteiger partial charge < -0.3 is 20.7 Å². The summed E-state index contributed by atoms with van der Waals surface area (Å²) in [5, 5.41) is 9.62. The van der Waals surface area contributed by atoms with E-state index in [0.717, 1.165) is 38.6 Å². The number of nitrogens with one attached hydrogen (secondary N) is 3. The molecular formula is C11H21Cl2N5O. The normalized spacial score (nSPS) is 17.8. The minimum absolute atomic E-state index is 0. The molecule has 0 aromatic carbocycles. The molecular weight excluding hydrogens is 289 g/mol. The fourth-order valence-corrected chi connectivity index (χ4v) is 1.68. The third-order valence-corrected chi connectivity index (χ3v) is 2.51. The Balaban J connectivity index is 0.00000162. The predicted molar refractivity (Wildman–Crippen MR) is 81.8 cm³/mol. The van der Waals surface area contributed by atoms with Crippen LogP contribution in [0.15, 0.2) is 12.3 Å². The standard InChI is InChI=1S/C11H19N5O.2ClH/c1-2-13-10-3-4-14-11(16-10)15-8-9-7-12-5-6-17-9;;/h3-4,9,12H,2,5-8H2,1H3,(H2,13,14,15,16);2*1H. The molecule has 110 valence electrons. The number of hydrogen-bond donors (Lipinski definition) is 3. The summed E-state index contributed by atoms with van der Waals surface area (Å²) >= 11 is 0. The van der Waals surface area contributed by atoms with Gasteiger partial charge in [-0.1, -0.05) is 0 Å². The van der Waals surface area contributed by atoms with E-state index in [1.54, 1.807) is 6.20 Å². The highest BCUT2D eigenvalue weighted by Crippen LogP contribution is 2.06. The lowest BCUT2D eigenvalue weighted by molar-refractivity contribution is 0.0371. The number of hydrogen-bond acceptors (Lipinski definition) is 6. The van der Waals surface area contributed by atoms with Gasteiger partial charge in [-0.05, 0) is 13.0 Å². The Kier molecular flexibility index (Phi) is 9.59. The maximum atomic E-state index is 5.58. The smallest absolute Gasteiger partial charge is 0.224 e. The number of halogens is 2. The summed E-state index contributed by atoms with van der Waals surface area (Å²) in [6.07, 6.45) is 1.93. The van der Waals surface area contributed by atoms with Gasteiger partial charge in [0.25, 0.3) is 0 Å². The van der Waals surface area contributed by atoms with Gasteiger partial charge in [0, 0.05) is 32.4 Å². The zero-order chi connectivity index (χ0) is 11.9. The Morgan fingerprint density at radius 3 is 2.95 bits per heavy atom. The average Bonchev–Trinajstić information content (AvgIpc) is 2.39. The summed E-state index contributed by atoms with van der Waals surface area (Å²) in [7, 11) is 0. The largest absolute Gasteiger partial charge is 0.374 e. The van der Waals surface area contributed by atoms with Gasteiger partial charge in [0.2, 0.25) is 5.95 Å². The lowest BCUT2D eigenvalue weighted by Crippen LogP contribution is -2.42. The summed E-state index contributed by atoms with van der Waals surface area (Å²) in [5.74, 6) is 1.48. The van der Waals surface area contributed by atoms with Gasteiger partial charge in [0.05, 0.1) is 12.7 Å². The van der Waals surface area contributed by atoms with Crippen molar-refractivity contribution < 1.29 is 4.74 Å². The van der Waals surface area contributed by atoms with Crippen molar-refractivity contribution in [2.75, 3.05) is 43.4 Å². The quantitative estimate of drug-likeness (QED) is 0.758. The Morgan fingerprint density at radius 2 is 2.26 bits per heavy atom. The maximum Gasteiger partial charge on any atom is 0.224 e. The fraction of sp³-hybridized carbons (Fsp3) is 0.636. The van der Waals surface area contributed by atoms with Crippen LogP contribution in [-0.4, -0.2) is 48.9 Å². The minimum Gasteiger partial charge on any atom is -0.374 e. The van der Waals surface area contributed by atoms with E-state index in [-0.39, 0.29) is 30.9 Å². The van der Waals surface area contributed by atoms with Crippen molar-refractivity contribution in [3.8, 4) is 0 Å². The van der Waals surface area contributed by atoms with E-state index in [9.17, 15) is 0 Å². The molecule has 2 rings (SSSR count). The molecule has 0 aliphatic carbocycles. The first-order valence-electron chi connectivity index (χ1n) is 6.01. The molecule has 2 heterocycles. The molecule has 19 heavy (non-hydrogen) atoms. The summed E-state index contributed by atoms with van der Waals surface area (Å²) in [6, 6.07) is 1.85. The zero-order valence-corrected chi connectivity index (χ0v) is 12.5. The number of nitrogens with zero attached hydrogens (tertiary/aromatic N) is 2. The van der Waals surface area contributed by atoms with Crippen molar-refractivity contribution >= 4 is 36.6 Å². The molecule has 1 aliphatic rings. The molecule has 8 heteroatoms. The molecule has 1 aromatic rings. The van der Waals surface area contributed by atoms with Gasteiger partial charge in [0.1, 0.15) is 5.82 Å². The van der Waals surface area contributed by atoms with Crippen molar-refractivity contribution in [1.29, 1.82) is 0 Å².